The molecule has 1 aliphatic rings. The Morgan fingerprint density at radius 1 is 1.47 bits per heavy atom. The summed E-state index contributed by atoms with van der Waals surface area (Å²) >= 11 is 3.38. The van der Waals surface area contributed by atoms with Gasteiger partial charge >= 0.3 is 5.97 Å². The van der Waals surface area contributed by atoms with E-state index < -0.39 is 0 Å². The standard InChI is InChI=1S/C11H11BrO3/c1-14-11(13)7-2-5-9(12)10(6-7)15-8-3-4-8/h2,5-6,8H,3-4H2,1H3. The van der Waals surface area contributed by atoms with Gasteiger partial charge in [0.2, 0.25) is 0 Å². The zero-order valence-corrected chi connectivity index (χ0v) is 9.91. The normalized spacial score (nSPS) is 14.8. The van der Waals surface area contributed by atoms with E-state index in [9.17, 15) is 4.79 Å². The Morgan fingerprint density at radius 3 is 2.80 bits per heavy atom. The Morgan fingerprint density at radius 2 is 2.20 bits per heavy atom. The van der Waals surface area contributed by atoms with Gasteiger partial charge in [-0.15, -0.1) is 0 Å². The zero-order valence-electron chi connectivity index (χ0n) is 8.33. The SMILES string of the molecule is COC(=O)c1ccc(Br)c(OC2CC2)c1. The van der Waals surface area contributed by atoms with Crippen LogP contribution in [0, 0.1) is 0 Å². The lowest BCUT2D eigenvalue weighted by Crippen LogP contribution is -2.03. The molecule has 0 spiro atoms. The van der Waals surface area contributed by atoms with E-state index in [1.165, 1.54) is 7.11 Å². The molecule has 80 valence electrons. The minimum Gasteiger partial charge on any atom is -0.489 e. The number of hydrogen-bond acceptors (Lipinski definition) is 3. The summed E-state index contributed by atoms with van der Waals surface area (Å²) in [6.07, 6.45) is 2.50. The molecule has 0 aliphatic heterocycles. The second-order valence-corrected chi connectivity index (χ2v) is 4.31. The molecule has 0 bridgehead atoms. The summed E-state index contributed by atoms with van der Waals surface area (Å²) in [6.45, 7) is 0. The summed E-state index contributed by atoms with van der Waals surface area (Å²) in [7, 11) is 1.37. The predicted molar refractivity (Wildman–Crippen MR) is 59.1 cm³/mol. The Balaban J connectivity index is 2.22. The lowest BCUT2D eigenvalue weighted by atomic mass is 10.2. The Hall–Kier alpha value is -1.03. The van der Waals surface area contributed by atoms with Crippen molar-refractivity contribution in [1.29, 1.82) is 0 Å². The molecule has 0 amide bonds. The van der Waals surface area contributed by atoms with Crippen LogP contribution in [0.4, 0.5) is 0 Å². The van der Waals surface area contributed by atoms with E-state index in [1.807, 2.05) is 0 Å². The second-order valence-electron chi connectivity index (χ2n) is 3.45. The smallest absolute Gasteiger partial charge is 0.337 e. The van der Waals surface area contributed by atoms with Crippen LogP contribution in [0.1, 0.15) is 23.2 Å². The van der Waals surface area contributed by atoms with E-state index in [0.717, 1.165) is 17.3 Å². The molecule has 0 unspecified atom stereocenters. The summed E-state index contributed by atoms with van der Waals surface area (Å²) in [6, 6.07) is 5.20. The first-order chi connectivity index (χ1) is 7.20. The second kappa shape index (κ2) is 4.23. The van der Waals surface area contributed by atoms with Gasteiger partial charge in [-0.25, -0.2) is 4.79 Å². The van der Waals surface area contributed by atoms with Crippen LogP contribution in [-0.2, 0) is 4.74 Å². The first-order valence-corrected chi connectivity index (χ1v) is 5.54. The average molecular weight is 271 g/mol. The Kier molecular flexibility index (Phi) is 2.95. The molecule has 0 saturated heterocycles. The van der Waals surface area contributed by atoms with E-state index in [4.69, 9.17) is 4.74 Å². The van der Waals surface area contributed by atoms with Crippen LogP contribution in [-0.4, -0.2) is 19.2 Å². The number of methoxy groups -OCH3 is 1. The molecule has 1 fully saturated rings. The first kappa shape index (κ1) is 10.5. The highest BCUT2D eigenvalue weighted by molar-refractivity contribution is 9.10. The van der Waals surface area contributed by atoms with Crippen molar-refractivity contribution >= 4 is 21.9 Å². The van der Waals surface area contributed by atoms with Crippen LogP contribution < -0.4 is 4.74 Å². The highest BCUT2D eigenvalue weighted by atomic mass is 79.9. The monoisotopic (exact) mass is 270 g/mol. The quantitative estimate of drug-likeness (QED) is 0.793. The summed E-state index contributed by atoms with van der Waals surface area (Å²) in [5, 5.41) is 0. The van der Waals surface area contributed by atoms with Gasteiger partial charge < -0.3 is 9.47 Å². The van der Waals surface area contributed by atoms with E-state index in [-0.39, 0.29) is 5.97 Å². The van der Waals surface area contributed by atoms with E-state index in [1.54, 1.807) is 18.2 Å². The molecule has 0 atom stereocenters. The molecule has 3 nitrogen and oxygen atoms in total. The van der Waals surface area contributed by atoms with Gasteiger partial charge in [-0.2, -0.15) is 0 Å². The summed E-state index contributed by atoms with van der Waals surface area (Å²) < 4.78 is 11.1. The lowest BCUT2D eigenvalue weighted by Gasteiger charge is -2.08. The number of carbonyl (C=O) groups is 1. The Bertz CT molecular complexity index is 385. The molecule has 0 N–H and O–H groups in total. The minimum absolute atomic E-state index is 0.314. The fourth-order valence-electron chi connectivity index (χ4n) is 1.20. The van der Waals surface area contributed by atoms with Crippen LogP contribution in [0.5, 0.6) is 5.75 Å². The molecule has 0 radical (unpaired) electrons. The van der Waals surface area contributed by atoms with Gasteiger partial charge in [-0.1, -0.05) is 0 Å². The maximum absolute atomic E-state index is 11.3. The third-order valence-corrected chi connectivity index (χ3v) is 2.83. The van der Waals surface area contributed by atoms with Gasteiger partial charge in [0.1, 0.15) is 5.75 Å². The van der Waals surface area contributed by atoms with Gasteiger partial charge in [0.05, 0.1) is 23.2 Å². The number of esters is 1. The van der Waals surface area contributed by atoms with Crippen molar-refractivity contribution < 1.29 is 14.3 Å². The van der Waals surface area contributed by atoms with E-state index in [2.05, 4.69) is 20.7 Å². The molecule has 1 saturated carbocycles. The third kappa shape index (κ3) is 2.50. The van der Waals surface area contributed by atoms with E-state index in [0.29, 0.717) is 17.4 Å². The maximum atomic E-state index is 11.3. The molecular weight excluding hydrogens is 260 g/mol. The first-order valence-electron chi connectivity index (χ1n) is 4.75. The van der Waals surface area contributed by atoms with Crippen LogP contribution in [0.15, 0.2) is 22.7 Å². The molecule has 1 aliphatic carbocycles. The molecule has 0 heterocycles. The molecule has 2 rings (SSSR count). The van der Waals surface area contributed by atoms with Gasteiger partial charge in [0.25, 0.3) is 0 Å². The summed E-state index contributed by atoms with van der Waals surface area (Å²) in [4.78, 5) is 11.3. The van der Waals surface area contributed by atoms with Crippen molar-refractivity contribution in [2.24, 2.45) is 0 Å². The van der Waals surface area contributed by atoms with Gasteiger partial charge in [0, 0.05) is 0 Å². The number of carbonyl (C=O) groups excluding carboxylic acids is 1. The molecule has 0 aromatic heterocycles. The highest BCUT2D eigenvalue weighted by Crippen LogP contribution is 2.32. The van der Waals surface area contributed by atoms with Gasteiger partial charge in [-0.05, 0) is 47.0 Å². The third-order valence-electron chi connectivity index (χ3n) is 2.17. The number of hydrogen-bond donors (Lipinski definition) is 0. The summed E-state index contributed by atoms with van der Waals surface area (Å²) in [5.41, 5.74) is 0.511. The molecule has 1 aromatic carbocycles. The van der Waals surface area contributed by atoms with Crippen LogP contribution in [0.3, 0.4) is 0 Å². The fourth-order valence-corrected chi connectivity index (χ4v) is 1.54. The number of halogens is 1. The van der Waals surface area contributed by atoms with Gasteiger partial charge in [-0.3, -0.25) is 0 Å². The van der Waals surface area contributed by atoms with Crippen molar-refractivity contribution in [3.8, 4) is 5.75 Å². The topological polar surface area (TPSA) is 35.5 Å². The lowest BCUT2D eigenvalue weighted by molar-refractivity contribution is 0.0600. The molecule has 1 aromatic rings. The van der Waals surface area contributed by atoms with Gasteiger partial charge in [0.15, 0.2) is 0 Å². The largest absolute Gasteiger partial charge is 0.489 e. The van der Waals surface area contributed by atoms with Crippen molar-refractivity contribution in [1.82, 2.24) is 0 Å². The highest BCUT2D eigenvalue weighted by Gasteiger charge is 2.24. The number of benzene rings is 1. The van der Waals surface area contributed by atoms with Crippen LogP contribution in [0.25, 0.3) is 0 Å². The van der Waals surface area contributed by atoms with Crippen LogP contribution >= 0.6 is 15.9 Å². The molecular formula is C11H11BrO3. The van der Waals surface area contributed by atoms with Crippen molar-refractivity contribution in [2.75, 3.05) is 7.11 Å². The zero-order chi connectivity index (χ0) is 10.8. The maximum Gasteiger partial charge on any atom is 0.337 e. The molecule has 15 heavy (non-hydrogen) atoms. The average Bonchev–Trinajstić information content (AvgIpc) is 3.04. The minimum atomic E-state index is -0.344. The Labute approximate surface area is 96.5 Å². The summed E-state index contributed by atoms with van der Waals surface area (Å²) in [5.74, 6) is 0.364. The number of rotatable bonds is 3. The molecule has 4 heteroatoms. The van der Waals surface area contributed by atoms with Crippen LogP contribution in [0.2, 0.25) is 0 Å². The van der Waals surface area contributed by atoms with E-state index >= 15 is 0 Å². The number of ether oxygens (including phenoxy) is 2. The van der Waals surface area contributed by atoms with Crippen molar-refractivity contribution in [3.05, 3.63) is 28.2 Å². The fraction of sp³-hybridized carbons (Fsp3) is 0.364. The van der Waals surface area contributed by atoms with Crippen molar-refractivity contribution in [2.45, 2.75) is 18.9 Å². The van der Waals surface area contributed by atoms with Crippen molar-refractivity contribution in [3.63, 3.8) is 0 Å². The predicted octanol–water partition coefficient (Wildman–Crippen LogP) is 2.78.